The number of nitrogens with zero attached hydrogens (tertiary/aromatic N) is 1. The first-order valence-corrected chi connectivity index (χ1v) is 5.33. The summed E-state index contributed by atoms with van der Waals surface area (Å²) in [6.07, 6.45) is 1.84. The van der Waals surface area contributed by atoms with Crippen molar-refractivity contribution in [2.75, 3.05) is 0 Å². The van der Waals surface area contributed by atoms with Crippen LogP contribution in [-0.4, -0.2) is 4.98 Å². The molecule has 2 aromatic heterocycles. The van der Waals surface area contributed by atoms with Gasteiger partial charge in [-0.25, -0.2) is 0 Å². The lowest BCUT2D eigenvalue weighted by Crippen LogP contribution is -1.91. The first-order chi connectivity index (χ1) is 6.79. The van der Waals surface area contributed by atoms with Crippen LogP contribution in [0.15, 0.2) is 30.5 Å². The molecule has 2 nitrogen and oxygen atoms in total. The maximum Gasteiger partial charge on any atom is 0.0379 e. The fourth-order valence-electron chi connectivity index (χ4n) is 1.34. The van der Waals surface area contributed by atoms with Crippen LogP contribution < -0.4 is 5.73 Å². The minimum atomic E-state index is 0.620. The highest BCUT2D eigenvalue weighted by atomic mass is 32.1. The summed E-state index contributed by atoms with van der Waals surface area (Å²) in [5, 5.41) is 0. The SMILES string of the molecule is Cc1cc(-c2ccc(CN)s2)ccn1. The van der Waals surface area contributed by atoms with E-state index < -0.39 is 0 Å². The van der Waals surface area contributed by atoms with Gasteiger partial charge in [-0.15, -0.1) is 11.3 Å². The molecule has 0 aromatic carbocycles. The van der Waals surface area contributed by atoms with Crippen molar-refractivity contribution in [3.8, 4) is 10.4 Å². The lowest BCUT2D eigenvalue weighted by Gasteiger charge is -1.97. The van der Waals surface area contributed by atoms with E-state index in [0.29, 0.717) is 6.54 Å². The molecular weight excluding hydrogens is 192 g/mol. The molecule has 0 saturated heterocycles. The van der Waals surface area contributed by atoms with Crippen LogP contribution in [0.5, 0.6) is 0 Å². The number of pyridine rings is 1. The van der Waals surface area contributed by atoms with Gasteiger partial charge >= 0.3 is 0 Å². The molecule has 0 aliphatic carbocycles. The second-order valence-electron chi connectivity index (χ2n) is 3.16. The number of nitrogens with two attached hydrogens (primary N) is 1. The van der Waals surface area contributed by atoms with E-state index in [1.165, 1.54) is 15.3 Å². The summed E-state index contributed by atoms with van der Waals surface area (Å²) in [4.78, 5) is 6.65. The van der Waals surface area contributed by atoms with Crippen molar-refractivity contribution in [3.05, 3.63) is 41.0 Å². The van der Waals surface area contributed by atoms with E-state index in [-0.39, 0.29) is 0 Å². The summed E-state index contributed by atoms with van der Waals surface area (Å²) in [7, 11) is 0. The summed E-state index contributed by atoms with van der Waals surface area (Å²) in [5.41, 5.74) is 7.84. The first kappa shape index (κ1) is 9.37. The molecule has 0 aliphatic heterocycles. The smallest absolute Gasteiger partial charge is 0.0379 e. The predicted octanol–water partition coefficient (Wildman–Crippen LogP) is 2.58. The zero-order chi connectivity index (χ0) is 9.97. The van der Waals surface area contributed by atoms with Crippen LogP contribution >= 0.6 is 11.3 Å². The van der Waals surface area contributed by atoms with E-state index in [1.807, 2.05) is 19.2 Å². The Morgan fingerprint density at radius 3 is 2.86 bits per heavy atom. The highest BCUT2D eigenvalue weighted by molar-refractivity contribution is 7.15. The van der Waals surface area contributed by atoms with Crippen LogP contribution in [0.1, 0.15) is 10.6 Å². The normalized spacial score (nSPS) is 10.4. The van der Waals surface area contributed by atoms with Crippen LogP contribution in [-0.2, 0) is 6.54 Å². The molecule has 0 unspecified atom stereocenters. The Hall–Kier alpha value is -1.19. The first-order valence-electron chi connectivity index (χ1n) is 4.51. The van der Waals surface area contributed by atoms with Crippen LogP contribution in [0.25, 0.3) is 10.4 Å². The molecule has 0 radical (unpaired) electrons. The second kappa shape index (κ2) is 3.90. The maximum absolute atomic E-state index is 5.57. The molecule has 0 saturated carbocycles. The highest BCUT2D eigenvalue weighted by Crippen LogP contribution is 2.27. The fourth-order valence-corrected chi connectivity index (χ4v) is 2.22. The zero-order valence-electron chi connectivity index (χ0n) is 8.03. The Morgan fingerprint density at radius 1 is 1.36 bits per heavy atom. The Kier molecular flexibility index (Phi) is 2.61. The molecule has 3 heteroatoms. The molecule has 0 fully saturated rings. The number of aromatic nitrogens is 1. The van der Waals surface area contributed by atoms with E-state index >= 15 is 0 Å². The summed E-state index contributed by atoms with van der Waals surface area (Å²) in [6.45, 7) is 2.62. The summed E-state index contributed by atoms with van der Waals surface area (Å²) < 4.78 is 0. The molecule has 2 rings (SSSR count). The molecule has 0 bridgehead atoms. The van der Waals surface area contributed by atoms with Gasteiger partial charge in [0, 0.05) is 28.2 Å². The number of aryl methyl sites for hydroxylation is 1. The van der Waals surface area contributed by atoms with E-state index in [1.54, 1.807) is 11.3 Å². The minimum Gasteiger partial charge on any atom is -0.326 e. The number of thiophene rings is 1. The Bertz CT molecular complexity index is 434. The largest absolute Gasteiger partial charge is 0.326 e. The molecule has 0 aliphatic rings. The average Bonchev–Trinajstić information content (AvgIpc) is 2.66. The van der Waals surface area contributed by atoms with E-state index in [9.17, 15) is 0 Å². The van der Waals surface area contributed by atoms with E-state index in [0.717, 1.165) is 5.69 Å². The molecular formula is C11H12N2S. The van der Waals surface area contributed by atoms with Crippen molar-refractivity contribution < 1.29 is 0 Å². The monoisotopic (exact) mass is 204 g/mol. The molecule has 2 aromatic rings. The third-order valence-corrected chi connectivity index (χ3v) is 3.20. The molecule has 14 heavy (non-hydrogen) atoms. The molecule has 0 spiro atoms. The van der Waals surface area contributed by atoms with Gasteiger partial charge in [0.2, 0.25) is 0 Å². The summed E-state index contributed by atoms with van der Waals surface area (Å²) in [6, 6.07) is 8.31. The lowest BCUT2D eigenvalue weighted by atomic mass is 10.2. The van der Waals surface area contributed by atoms with Crippen molar-refractivity contribution in [2.24, 2.45) is 5.73 Å². The topological polar surface area (TPSA) is 38.9 Å². The number of hydrogen-bond acceptors (Lipinski definition) is 3. The molecule has 0 atom stereocenters. The molecule has 2 N–H and O–H groups in total. The number of rotatable bonds is 2. The standard InChI is InChI=1S/C11H12N2S/c1-8-6-9(4-5-13-8)11-3-2-10(7-12)14-11/h2-6H,7,12H2,1H3. The summed E-state index contributed by atoms with van der Waals surface area (Å²) in [5.74, 6) is 0. The maximum atomic E-state index is 5.57. The van der Waals surface area contributed by atoms with E-state index in [4.69, 9.17) is 5.73 Å². The van der Waals surface area contributed by atoms with Crippen LogP contribution in [0.4, 0.5) is 0 Å². The quantitative estimate of drug-likeness (QED) is 0.816. The third-order valence-electron chi connectivity index (χ3n) is 2.04. The van der Waals surface area contributed by atoms with Crippen LogP contribution in [0.2, 0.25) is 0 Å². The van der Waals surface area contributed by atoms with Crippen molar-refractivity contribution >= 4 is 11.3 Å². The Morgan fingerprint density at radius 2 is 2.21 bits per heavy atom. The van der Waals surface area contributed by atoms with Gasteiger partial charge < -0.3 is 5.73 Å². The van der Waals surface area contributed by atoms with Crippen molar-refractivity contribution in [3.63, 3.8) is 0 Å². The van der Waals surface area contributed by atoms with Gasteiger partial charge in [0.05, 0.1) is 0 Å². The number of hydrogen-bond donors (Lipinski definition) is 1. The van der Waals surface area contributed by atoms with Crippen molar-refractivity contribution in [2.45, 2.75) is 13.5 Å². The zero-order valence-corrected chi connectivity index (χ0v) is 8.84. The fraction of sp³-hybridized carbons (Fsp3) is 0.182. The van der Waals surface area contributed by atoms with Gasteiger partial charge in [-0.05, 0) is 36.8 Å². The lowest BCUT2D eigenvalue weighted by molar-refractivity contribution is 1.11. The van der Waals surface area contributed by atoms with Gasteiger partial charge in [-0.2, -0.15) is 0 Å². The average molecular weight is 204 g/mol. The van der Waals surface area contributed by atoms with Crippen molar-refractivity contribution in [1.29, 1.82) is 0 Å². The van der Waals surface area contributed by atoms with Crippen LogP contribution in [0.3, 0.4) is 0 Å². The van der Waals surface area contributed by atoms with E-state index in [2.05, 4.69) is 23.2 Å². The predicted molar refractivity (Wildman–Crippen MR) is 60.2 cm³/mol. The second-order valence-corrected chi connectivity index (χ2v) is 4.32. The third kappa shape index (κ3) is 1.84. The Labute approximate surface area is 87.4 Å². The molecule has 0 amide bonds. The minimum absolute atomic E-state index is 0.620. The molecule has 2 heterocycles. The van der Waals surface area contributed by atoms with Crippen LogP contribution in [0, 0.1) is 6.92 Å². The van der Waals surface area contributed by atoms with Crippen molar-refractivity contribution in [1.82, 2.24) is 4.98 Å². The highest BCUT2D eigenvalue weighted by Gasteiger charge is 2.01. The molecule has 72 valence electrons. The Balaban J connectivity index is 2.39. The van der Waals surface area contributed by atoms with Gasteiger partial charge in [0.1, 0.15) is 0 Å². The van der Waals surface area contributed by atoms with Gasteiger partial charge in [-0.1, -0.05) is 0 Å². The van der Waals surface area contributed by atoms with Gasteiger partial charge in [-0.3, -0.25) is 4.98 Å². The van der Waals surface area contributed by atoms with Gasteiger partial charge in [0.25, 0.3) is 0 Å². The van der Waals surface area contributed by atoms with Gasteiger partial charge in [0.15, 0.2) is 0 Å². The summed E-state index contributed by atoms with van der Waals surface area (Å²) >= 11 is 1.74.